The van der Waals surface area contributed by atoms with Gasteiger partial charge in [0.2, 0.25) is 17.7 Å². The Labute approximate surface area is 168 Å². The van der Waals surface area contributed by atoms with Crippen LogP contribution in [-0.4, -0.2) is 60.2 Å². The summed E-state index contributed by atoms with van der Waals surface area (Å²) in [5, 5.41) is 2.81. The third-order valence-corrected chi connectivity index (χ3v) is 5.26. The van der Waals surface area contributed by atoms with Gasteiger partial charge in [0, 0.05) is 44.6 Å². The van der Waals surface area contributed by atoms with Crippen molar-refractivity contribution in [2.75, 3.05) is 32.7 Å². The summed E-state index contributed by atoms with van der Waals surface area (Å²) in [6.07, 6.45) is 0.283. The number of rotatable bonds is 5. The van der Waals surface area contributed by atoms with Crippen LogP contribution in [0, 0.1) is 5.41 Å². The van der Waals surface area contributed by atoms with Crippen LogP contribution in [0.4, 0.5) is 0 Å². The average Bonchev–Trinajstić information content (AvgIpc) is 2.67. The molecule has 0 aliphatic carbocycles. The molecule has 3 amide bonds. The van der Waals surface area contributed by atoms with Crippen molar-refractivity contribution in [2.24, 2.45) is 5.41 Å². The molecule has 0 spiro atoms. The molecule has 1 aromatic carbocycles. The fourth-order valence-electron chi connectivity index (χ4n) is 3.24. The van der Waals surface area contributed by atoms with Gasteiger partial charge < -0.3 is 15.1 Å². The highest BCUT2D eigenvalue weighted by atomic mass is 16.2. The molecule has 1 heterocycles. The second kappa shape index (κ2) is 8.76. The number of nitrogens with zero attached hydrogens (tertiary/aromatic N) is 2. The van der Waals surface area contributed by atoms with Gasteiger partial charge >= 0.3 is 0 Å². The van der Waals surface area contributed by atoms with Gasteiger partial charge in [-0.1, -0.05) is 51.1 Å². The van der Waals surface area contributed by atoms with E-state index in [4.69, 9.17) is 0 Å². The second-order valence-corrected chi connectivity index (χ2v) is 8.92. The normalized spacial score (nSPS) is 15.3. The van der Waals surface area contributed by atoms with Gasteiger partial charge in [-0.2, -0.15) is 0 Å². The zero-order valence-electron chi connectivity index (χ0n) is 17.7. The van der Waals surface area contributed by atoms with Crippen molar-refractivity contribution in [3.8, 4) is 0 Å². The lowest BCUT2D eigenvalue weighted by Crippen LogP contribution is -2.54. The summed E-state index contributed by atoms with van der Waals surface area (Å²) in [4.78, 5) is 40.9. The summed E-state index contributed by atoms with van der Waals surface area (Å²) in [6.45, 7) is 11.9. The molecule has 1 aliphatic rings. The Morgan fingerprint density at radius 3 is 1.96 bits per heavy atom. The van der Waals surface area contributed by atoms with Gasteiger partial charge in [-0.05, 0) is 19.4 Å². The van der Waals surface area contributed by atoms with E-state index in [1.165, 1.54) is 0 Å². The van der Waals surface area contributed by atoms with Gasteiger partial charge in [-0.25, -0.2) is 0 Å². The minimum absolute atomic E-state index is 0.0172. The molecule has 0 radical (unpaired) electrons. The third kappa shape index (κ3) is 5.33. The lowest BCUT2D eigenvalue weighted by molar-refractivity contribution is -0.142. The Morgan fingerprint density at radius 1 is 0.893 bits per heavy atom. The van der Waals surface area contributed by atoms with Crippen molar-refractivity contribution in [1.82, 2.24) is 15.1 Å². The summed E-state index contributed by atoms with van der Waals surface area (Å²) in [5.41, 5.74) is -0.0567. The van der Waals surface area contributed by atoms with Crippen LogP contribution in [-0.2, 0) is 19.8 Å². The van der Waals surface area contributed by atoms with Crippen molar-refractivity contribution in [3.63, 3.8) is 0 Å². The fraction of sp³-hybridized carbons (Fsp3) is 0.591. The second-order valence-electron chi connectivity index (χ2n) is 8.92. The highest BCUT2D eigenvalue weighted by Gasteiger charge is 2.35. The predicted octanol–water partition coefficient (Wildman–Crippen LogP) is 2.19. The molecule has 6 heteroatoms. The topological polar surface area (TPSA) is 69.7 Å². The highest BCUT2D eigenvalue weighted by molar-refractivity contribution is 5.88. The minimum Gasteiger partial charge on any atom is -0.355 e. The van der Waals surface area contributed by atoms with Crippen molar-refractivity contribution >= 4 is 17.7 Å². The molecule has 1 aromatic rings. The van der Waals surface area contributed by atoms with E-state index < -0.39 is 10.8 Å². The van der Waals surface area contributed by atoms with Gasteiger partial charge in [-0.15, -0.1) is 0 Å². The first-order chi connectivity index (χ1) is 13.0. The van der Waals surface area contributed by atoms with Gasteiger partial charge in [0.15, 0.2) is 0 Å². The molecule has 1 saturated heterocycles. The molecule has 0 saturated carbocycles. The van der Waals surface area contributed by atoms with Gasteiger partial charge in [0.1, 0.15) is 0 Å². The van der Waals surface area contributed by atoms with Crippen LogP contribution in [0.25, 0.3) is 0 Å². The first kappa shape index (κ1) is 21.9. The Bertz CT molecular complexity index is 699. The van der Waals surface area contributed by atoms with Crippen LogP contribution in [0.1, 0.15) is 46.6 Å². The Hall–Kier alpha value is -2.37. The van der Waals surface area contributed by atoms with E-state index >= 15 is 0 Å². The van der Waals surface area contributed by atoms with Gasteiger partial charge in [0.05, 0.1) is 5.41 Å². The third-order valence-electron chi connectivity index (χ3n) is 5.26. The standard InChI is InChI=1S/C22H33N3O3/c1-21(2,3)19(27)23-12-11-18(26)24-13-15-25(16-14-24)20(28)22(4,5)17-9-7-6-8-10-17/h6-10H,11-16H2,1-5H3,(H,23,27). The Morgan fingerprint density at radius 2 is 1.43 bits per heavy atom. The zero-order chi connectivity index (χ0) is 20.9. The SMILES string of the molecule is CC(C)(C)C(=O)NCCC(=O)N1CCN(C(=O)C(C)(C)c2ccccc2)CC1. The van der Waals surface area contributed by atoms with E-state index in [9.17, 15) is 14.4 Å². The van der Waals surface area contributed by atoms with Crippen LogP contribution in [0.15, 0.2) is 30.3 Å². The molecule has 2 rings (SSSR count). The molecule has 1 N–H and O–H groups in total. The summed E-state index contributed by atoms with van der Waals surface area (Å²) < 4.78 is 0. The number of hydrogen-bond acceptors (Lipinski definition) is 3. The first-order valence-corrected chi connectivity index (χ1v) is 9.94. The smallest absolute Gasteiger partial charge is 0.232 e. The predicted molar refractivity (Wildman–Crippen MR) is 110 cm³/mol. The Balaban J connectivity index is 1.83. The molecule has 1 aliphatic heterocycles. The number of benzene rings is 1. The minimum atomic E-state index is -0.593. The van der Waals surface area contributed by atoms with E-state index in [1.807, 2.05) is 69.9 Å². The van der Waals surface area contributed by atoms with Crippen LogP contribution in [0.3, 0.4) is 0 Å². The molecule has 0 aromatic heterocycles. The molecular weight excluding hydrogens is 354 g/mol. The van der Waals surface area contributed by atoms with Crippen molar-refractivity contribution in [2.45, 2.75) is 46.5 Å². The first-order valence-electron chi connectivity index (χ1n) is 9.94. The molecule has 0 unspecified atom stereocenters. The summed E-state index contributed by atoms with van der Waals surface area (Å²) in [5.74, 6) is 0.0470. The quantitative estimate of drug-likeness (QED) is 0.842. The summed E-state index contributed by atoms with van der Waals surface area (Å²) >= 11 is 0. The lowest BCUT2D eigenvalue weighted by atomic mass is 9.83. The molecule has 154 valence electrons. The number of nitrogens with one attached hydrogen (secondary N) is 1. The molecule has 28 heavy (non-hydrogen) atoms. The highest BCUT2D eigenvalue weighted by Crippen LogP contribution is 2.26. The van der Waals surface area contributed by atoms with Crippen molar-refractivity contribution in [3.05, 3.63) is 35.9 Å². The molecule has 1 fully saturated rings. The van der Waals surface area contributed by atoms with Crippen LogP contribution in [0.5, 0.6) is 0 Å². The average molecular weight is 388 g/mol. The van der Waals surface area contributed by atoms with Crippen LogP contribution in [0.2, 0.25) is 0 Å². The van der Waals surface area contributed by atoms with E-state index in [0.717, 1.165) is 5.56 Å². The van der Waals surface area contributed by atoms with Crippen LogP contribution >= 0.6 is 0 Å². The zero-order valence-corrected chi connectivity index (χ0v) is 17.7. The lowest BCUT2D eigenvalue weighted by Gasteiger charge is -2.39. The summed E-state index contributed by atoms with van der Waals surface area (Å²) in [6, 6.07) is 9.78. The molecule has 0 atom stereocenters. The Kier molecular flexibility index (Phi) is 6.86. The maximum absolute atomic E-state index is 13.0. The largest absolute Gasteiger partial charge is 0.355 e. The fourth-order valence-corrected chi connectivity index (χ4v) is 3.24. The molecular formula is C22H33N3O3. The number of hydrogen-bond donors (Lipinski definition) is 1. The van der Waals surface area contributed by atoms with E-state index in [0.29, 0.717) is 32.7 Å². The number of carbonyl (C=O) groups is 3. The maximum Gasteiger partial charge on any atom is 0.232 e. The number of amides is 3. The van der Waals surface area contributed by atoms with E-state index in [1.54, 1.807) is 4.90 Å². The van der Waals surface area contributed by atoms with E-state index in [-0.39, 0.29) is 24.1 Å². The van der Waals surface area contributed by atoms with Crippen molar-refractivity contribution in [1.29, 1.82) is 0 Å². The number of piperazine rings is 1. The monoisotopic (exact) mass is 387 g/mol. The van der Waals surface area contributed by atoms with Gasteiger partial charge in [-0.3, -0.25) is 14.4 Å². The maximum atomic E-state index is 13.0. The molecule has 0 bridgehead atoms. The van der Waals surface area contributed by atoms with Crippen LogP contribution < -0.4 is 5.32 Å². The van der Waals surface area contributed by atoms with Gasteiger partial charge in [0.25, 0.3) is 0 Å². The molecule has 6 nitrogen and oxygen atoms in total. The number of carbonyl (C=O) groups excluding carboxylic acids is 3. The van der Waals surface area contributed by atoms with Crippen molar-refractivity contribution < 1.29 is 14.4 Å². The van der Waals surface area contributed by atoms with E-state index in [2.05, 4.69) is 5.32 Å². The summed E-state index contributed by atoms with van der Waals surface area (Å²) in [7, 11) is 0.